The molecule has 0 radical (unpaired) electrons. The predicted molar refractivity (Wildman–Crippen MR) is 58.6 cm³/mol. The summed E-state index contributed by atoms with van der Waals surface area (Å²) in [7, 11) is 0. The maximum Gasteiger partial charge on any atom is 0.321 e. The molecule has 82 valence electrons. The Morgan fingerprint density at radius 3 is 2.71 bits per heavy atom. The predicted octanol–water partition coefficient (Wildman–Crippen LogP) is 0.227. The van der Waals surface area contributed by atoms with E-state index in [-0.39, 0.29) is 0 Å². The second kappa shape index (κ2) is 6.27. The molecule has 4 nitrogen and oxygen atoms in total. The maximum absolute atomic E-state index is 10.4. The van der Waals surface area contributed by atoms with Crippen LogP contribution in [0.1, 0.15) is 12.8 Å². The monoisotopic (exact) mass is 218 g/mol. The molecule has 0 aromatic carbocycles. The fourth-order valence-corrected chi connectivity index (χ4v) is 2.43. The van der Waals surface area contributed by atoms with Crippen molar-refractivity contribution in [1.82, 2.24) is 4.90 Å². The highest BCUT2D eigenvalue weighted by molar-refractivity contribution is 7.99. The van der Waals surface area contributed by atoms with Crippen molar-refractivity contribution < 1.29 is 9.90 Å². The molecule has 0 bridgehead atoms. The van der Waals surface area contributed by atoms with Crippen LogP contribution in [0.4, 0.5) is 0 Å². The summed E-state index contributed by atoms with van der Waals surface area (Å²) < 4.78 is 0. The quantitative estimate of drug-likeness (QED) is 0.625. The number of carboxylic acids is 1. The zero-order chi connectivity index (χ0) is 10.4. The number of nitrogens with zero attached hydrogens (tertiary/aromatic N) is 1. The van der Waals surface area contributed by atoms with Crippen LogP contribution in [-0.2, 0) is 4.79 Å². The molecule has 0 aliphatic carbocycles. The van der Waals surface area contributed by atoms with E-state index in [0.717, 1.165) is 12.3 Å². The maximum atomic E-state index is 10.4. The summed E-state index contributed by atoms with van der Waals surface area (Å²) >= 11 is 1.63. The molecule has 0 spiro atoms. The first-order chi connectivity index (χ1) is 6.70. The highest BCUT2D eigenvalue weighted by Crippen LogP contribution is 2.09. The fourth-order valence-electron chi connectivity index (χ4n) is 1.48. The first-order valence-electron chi connectivity index (χ1n) is 4.98. The zero-order valence-corrected chi connectivity index (χ0v) is 9.13. The van der Waals surface area contributed by atoms with Gasteiger partial charge in [0.2, 0.25) is 0 Å². The summed E-state index contributed by atoms with van der Waals surface area (Å²) in [6, 6.07) is -0.710. The van der Waals surface area contributed by atoms with Crippen LogP contribution in [0.25, 0.3) is 0 Å². The van der Waals surface area contributed by atoms with Crippen molar-refractivity contribution in [2.75, 3.05) is 31.1 Å². The number of carboxylic acid groups (broad SMARTS) is 1. The van der Waals surface area contributed by atoms with Crippen molar-refractivity contribution in [3.63, 3.8) is 0 Å². The number of rotatable bonds is 6. The molecule has 0 aromatic rings. The molecule has 1 aliphatic heterocycles. The number of carbonyl (C=O) groups is 1. The Kier molecular flexibility index (Phi) is 5.29. The Hall–Kier alpha value is -0.260. The van der Waals surface area contributed by atoms with Gasteiger partial charge in [0.25, 0.3) is 0 Å². The summed E-state index contributed by atoms with van der Waals surface area (Å²) in [5, 5.41) is 8.54. The van der Waals surface area contributed by atoms with Gasteiger partial charge in [0.15, 0.2) is 0 Å². The van der Waals surface area contributed by atoms with E-state index in [0.29, 0.717) is 5.75 Å². The minimum absolute atomic E-state index is 0.517. The van der Waals surface area contributed by atoms with Crippen molar-refractivity contribution in [2.45, 2.75) is 18.9 Å². The van der Waals surface area contributed by atoms with Crippen LogP contribution in [0.2, 0.25) is 0 Å². The zero-order valence-electron chi connectivity index (χ0n) is 8.32. The largest absolute Gasteiger partial charge is 0.480 e. The van der Waals surface area contributed by atoms with Crippen molar-refractivity contribution in [3.8, 4) is 0 Å². The van der Waals surface area contributed by atoms with Crippen molar-refractivity contribution in [1.29, 1.82) is 0 Å². The third-order valence-corrected chi connectivity index (χ3v) is 3.43. The number of hydrogen-bond donors (Lipinski definition) is 2. The van der Waals surface area contributed by atoms with E-state index in [9.17, 15) is 4.79 Å². The highest BCUT2D eigenvalue weighted by Gasteiger charge is 2.13. The molecule has 1 saturated heterocycles. The molecule has 1 atom stereocenters. The Morgan fingerprint density at radius 1 is 1.50 bits per heavy atom. The number of hydrogen-bond acceptors (Lipinski definition) is 4. The smallest absolute Gasteiger partial charge is 0.321 e. The topological polar surface area (TPSA) is 66.6 Å². The highest BCUT2D eigenvalue weighted by atomic mass is 32.2. The van der Waals surface area contributed by atoms with Crippen molar-refractivity contribution in [2.24, 2.45) is 5.73 Å². The van der Waals surface area contributed by atoms with E-state index >= 15 is 0 Å². The fraction of sp³-hybridized carbons (Fsp3) is 0.889. The van der Waals surface area contributed by atoms with E-state index < -0.39 is 12.0 Å². The first-order valence-corrected chi connectivity index (χ1v) is 6.14. The Balaban J connectivity index is 1.95. The van der Waals surface area contributed by atoms with E-state index in [4.69, 9.17) is 10.8 Å². The van der Waals surface area contributed by atoms with Crippen LogP contribution in [0, 0.1) is 0 Å². The van der Waals surface area contributed by atoms with Crippen LogP contribution < -0.4 is 5.73 Å². The molecule has 1 fully saturated rings. The molecule has 0 unspecified atom stereocenters. The summed E-state index contributed by atoms with van der Waals surface area (Å²) in [6.45, 7) is 3.47. The molecule has 0 aromatic heterocycles. The lowest BCUT2D eigenvalue weighted by Crippen LogP contribution is -2.33. The van der Waals surface area contributed by atoms with Crippen LogP contribution in [0.5, 0.6) is 0 Å². The van der Waals surface area contributed by atoms with Gasteiger partial charge in [0.05, 0.1) is 0 Å². The second-order valence-electron chi connectivity index (χ2n) is 3.57. The van der Waals surface area contributed by atoms with Crippen LogP contribution in [0.15, 0.2) is 0 Å². The van der Waals surface area contributed by atoms with Gasteiger partial charge in [0.1, 0.15) is 6.04 Å². The normalized spacial score (nSPS) is 19.8. The van der Waals surface area contributed by atoms with Gasteiger partial charge in [-0.05, 0) is 25.9 Å². The number of thioether (sulfide) groups is 1. The molecule has 1 aliphatic rings. The van der Waals surface area contributed by atoms with Crippen molar-refractivity contribution >= 4 is 17.7 Å². The van der Waals surface area contributed by atoms with Gasteiger partial charge in [-0.1, -0.05) is 0 Å². The molecule has 1 rings (SSSR count). The SMILES string of the molecule is N[C@@H](CSCCN1CCCC1)C(=O)O. The second-order valence-corrected chi connectivity index (χ2v) is 4.72. The Labute approximate surface area is 88.8 Å². The minimum Gasteiger partial charge on any atom is -0.480 e. The number of likely N-dealkylation sites (tertiary alicyclic amines) is 1. The molecule has 1 heterocycles. The first kappa shape index (κ1) is 11.8. The van der Waals surface area contributed by atoms with Gasteiger partial charge < -0.3 is 15.7 Å². The third-order valence-electron chi connectivity index (χ3n) is 2.37. The molecule has 14 heavy (non-hydrogen) atoms. The van der Waals surface area contributed by atoms with E-state index in [2.05, 4.69) is 4.90 Å². The third kappa shape index (κ3) is 4.30. The van der Waals surface area contributed by atoms with Crippen LogP contribution in [-0.4, -0.2) is 53.2 Å². The standard InChI is InChI=1S/C9H18N2O2S/c10-8(9(12)13)7-14-6-5-11-3-1-2-4-11/h8H,1-7,10H2,(H,12,13)/t8-/m0/s1. The van der Waals surface area contributed by atoms with Gasteiger partial charge >= 0.3 is 5.97 Å². The molecule has 0 amide bonds. The van der Waals surface area contributed by atoms with Crippen LogP contribution >= 0.6 is 11.8 Å². The summed E-state index contributed by atoms with van der Waals surface area (Å²) in [5.41, 5.74) is 5.38. The summed E-state index contributed by atoms with van der Waals surface area (Å²) in [4.78, 5) is 12.8. The lowest BCUT2D eigenvalue weighted by atomic mass is 10.4. The lowest BCUT2D eigenvalue weighted by Gasteiger charge is -2.14. The number of nitrogens with two attached hydrogens (primary N) is 1. The van der Waals surface area contributed by atoms with Gasteiger partial charge in [-0.15, -0.1) is 0 Å². The molecule has 3 N–H and O–H groups in total. The Morgan fingerprint density at radius 2 is 2.14 bits per heavy atom. The minimum atomic E-state index is -0.904. The van der Waals surface area contributed by atoms with Gasteiger partial charge in [-0.3, -0.25) is 4.79 Å². The average molecular weight is 218 g/mol. The lowest BCUT2D eigenvalue weighted by molar-refractivity contribution is -0.137. The summed E-state index contributed by atoms with van der Waals surface area (Å²) in [5.74, 6) is 0.600. The van der Waals surface area contributed by atoms with Crippen LogP contribution in [0.3, 0.4) is 0 Å². The van der Waals surface area contributed by atoms with E-state index in [1.54, 1.807) is 11.8 Å². The molecular weight excluding hydrogens is 200 g/mol. The summed E-state index contributed by atoms with van der Waals surface area (Å²) in [6.07, 6.45) is 2.61. The Bertz CT molecular complexity index is 184. The van der Waals surface area contributed by atoms with Gasteiger partial charge in [0, 0.05) is 18.1 Å². The molecular formula is C9H18N2O2S. The van der Waals surface area contributed by atoms with E-state index in [1.165, 1.54) is 25.9 Å². The van der Waals surface area contributed by atoms with Crippen molar-refractivity contribution in [3.05, 3.63) is 0 Å². The number of aliphatic carboxylic acids is 1. The average Bonchev–Trinajstić information content (AvgIpc) is 2.64. The molecule has 0 saturated carbocycles. The van der Waals surface area contributed by atoms with Gasteiger partial charge in [-0.25, -0.2) is 0 Å². The van der Waals surface area contributed by atoms with E-state index in [1.807, 2.05) is 0 Å². The molecule has 5 heteroatoms. The van der Waals surface area contributed by atoms with Gasteiger partial charge in [-0.2, -0.15) is 11.8 Å².